The van der Waals surface area contributed by atoms with Gasteiger partial charge in [0.25, 0.3) is 5.89 Å². The summed E-state index contributed by atoms with van der Waals surface area (Å²) in [7, 11) is 0. The van der Waals surface area contributed by atoms with Crippen molar-refractivity contribution in [2.45, 2.75) is 39.8 Å². The molecule has 31 heavy (non-hydrogen) atoms. The smallest absolute Gasteiger partial charge is 0.329 e. The van der Waals surface area contributed by atoms with E-state index in [1.54, 1.807) is 31.2 Å². The van der Waals surface area contributed by atoms with E-state index in [0.717, 1.165) is 11.1 Å². The van der Waals surface area contributed by atoms with Gasteiger partial charge in [-0.25, -0.2) is 9.59 Å². The normalized spacial score (nSPS) is 12.8. The van der Waals surface area contributed by atoms with Gasteiger partial charge in [-0.05, 0) is 44.0 Å². The number of ether oxygens (including phenoxy) is 1. The number of carbonyl (C=O) groups is 2. The van der Waals surface area contributed by atoms with Crippen molar-refractivity contribution >= 4 is 17.7 Å². The van der Waals surface area contributed by atoms with Crippen LogP contribution in [0.25, 0.3) is 11.5 Å². The molecule has 162 valence electrons. The van der Waals surface area contributed by atoms with Crippen LogP contribution in [0, 0.1) is 12.8 Å². The summed E-state index contributed by atoms with van der Waals surface area (Å²) in [5.41, 5.74) is 2.52. The number of esters is 1. The Kier molecular flexibility index (Phi) is 7.02. The van der Waals surface area contributed by atoms with Crippen LogP contribution in [0.3, 0.4) is 0 Å². The van der Waals surface area contributed by atoms with Crippen LogP contribution in [0.15, 0.2) is 59.0 Å². The van der Waals surface area contributed by atoms with E-state index >= 15 is 0 Å². The Bertz CT molecular complexity index is 1020. The van der Waals surface area contributed by atoms with Crippen LogP contribution in [0.4, 0.5) is 10.5 Å². The quantitative estimate of drug-likeness (QED) is 0.543. The number of hydrogen-bond donors (Lipinski definition) is 2. The van der Waals surface area contributed by atoms with Crippen LogP contribution in [0.5, 0.6) is 0 Å². The minimum atomic E-state index is -0.842. The Morgan fingerprint density at radius 1 is 0.968 bits per heavy atom. The molecule has 1 heterocycles. The fourth-order valence-electron chi connectivity index (χ4n) is 2.84. The van der Waals surface area contributed by atoms with Gasteiger partial charge in [0.1, 0.15) is 6.04 Å². The lowest BCUT2D eigenvalue weighted by atomic mass is 10.1. The lowest BCUT2D eigenvalue weighted by Gasteiger charge is -2.22. The second-order valence-corrected chi connectivity index (χ2v) is 7.58. The zero-order chi connectivity index (χ0) is 22.4. The highest BCUT2D eigenvalue weighted by Gasteiger charge is 2.29. The van der Waals surface area contributed by atoms with Crippen LogP contribution in [0.2, 0.25) is 0 Å². The molecule has 0 bridgehead atoms. The Balaban J connectivity index is 1.62. The van der Waals surface area contributed by atoms with Crippen molar-refractivity contribution in [3.05, 3.63) is 66.1 Å². The van der Waals surface area contributed by atoms with Gasteiger partial charge in [-0.3, -0.25) is 0 Å². The Labute approximate surface area is 181 Å². The lowest BCUT2D eigenvalue weighted by Crippen LogP contribution is -2.47. The highest BCUT2D eigenvalue weighted by atomic mass is 16.6. The number of carbonyl (C=O) groups excluding carboxylic acids is 2. The van der Waals surface area contributed by atoms with E-state index < -0.39 is 24.1 Å². The third kappa shape index (κ3) is 5.91. The number of urea groups is 1. The summed E-state index contributed by atoms with van der Waals surface area (Å²) in [6.45, 7) is 7.28. The molecule has 2 amide bonds. The average molecular weight is 422 g/mol. The molecule has 2 atom stereocenters. The third-order valence-electron chi connectivity index (χ3n) is 4.62. The van der Waals surface area contributed by atoms with Gasteiger partial charge in [0.2, 0.25) is 5.89 Å². The maximum absolute atomic E-state index is 12.7. The van der Waals surface area contributed by atoms with Crippen molar-refractivity contribution in [2.24, 2.45) is 5.92 Å². The monoisotopic (exact) mass is 422 g/mol. The average Bonchev–Trinajstić information content (AvgIpc) is 3.23. The molecule has 0 radical (unpaired) electrons. The summed E-state index contributed by atoms with van der Waals surface area (Å²) >= 11 is 0. The van der Waals surface area contributed by atoms with E-state index in [-0.39, 0.29) is 11.8 Å². The van der Waals surface area contributed by atoms with Crippen LogP contribution in [-0.2, 0) is 9.53 Å². The number of aromatic nitrogens is 2. The maximum atomic E-state index is 12.7. The van der Waals surface area contributed by atoms with E-state index in [2.05, 4.69) is 20.8 Å². The number of benzene rings is 2. The molecular weight excluding hydrogens is 396 g/mol. The van der Waals surface area contributed by atoms with Crippen molar-refractivity contribution < 1.29 is 18.7 Å². The molecule has 0 unspecified atom stereocenters. The second kappa shape index (κ2) is 9.88. The topological polar surface area (TPSA) is 106 Å². The van der Waals surface area contributed by atoms with E-state index in [1.165, 1.54) is 0 Å². The van der Waals surface area contributed by atoms with Gasteiger partial charge in [-0.1, -0.05) is 49.7 Å². The predicted molar refractivity (Wildman–Crippen MR) is 116 cm³/mol. The van der Waals surface area contributed by atoms with Gasteiger partial charge in [0, 0.05) is 11.3 Å². The summed E-state index contributed by atoms with van der Waals surface area (Å²) in [6, 6.07) is 15.3. The van der Waals surface area contributed by atoms with E-state index in [4.69, 9.17) is 9.15 Å². The molecule has 0 saturated carbocycles. The van der Waals surface area contributed by atoms with Gasteiger partial charge in [0.15, 0.2) is 6.10 Å². The Morgan fingerprint density at radius 3 is 2.29 bits per heavy atom. The number of hydrogen-bond acceptors (Lipinski definition) is 6. The summed E-state index contributed by atoms with van der Waals surface area (Å²) in [6.07, 6.45) is -0.764. The Morgan fingerprint density at radius 2 is 1.65 bits per heavy atom. The molecule has 2 N–H and O–H groups in total. The molecule has 0 aliphatic carbocycles. The number of anilines is 1. The van der Waals surface area contributed by atoms with Gasteiger partial charge in [0.05, 0.1) is 0 Å². The molecule has 3 rings (SSSR count). The first-order chi connectivity index (χ1) is 14.8. The van der Waals surface area contributed by atoms with Crippen molar-refractivity contribution in [3.63, 3.8) is 0 Å². The predicted octanol–water partition coefficient (Wildman–Crippen LogP) is 4.50. The molecule has 0 aliphatic rings. The number of rotatable bonds is 7. The SMILES string of the molecule is Cc1ccc(-c2nnc([C@@H](C)OC(=O)[C@H](NC(=O)Nc3ccccc3)C(C)C)o2)cc1. The number of nitrogens with one attached hydrogen (secondary N) is 2. The fraction of sp³-hybridized carbons (Fsp3) is 0.304. The van der Waals surface area contributed by atoms with Gasteiger partial charge in [-0.15, -0.1) is 10.2 Å². The lowest BCUT2D eigenvalue weighted by molar-refractivity contribution is -0.153. The molecule has 2 aromatic carbocycles. The standard InChI is InChI=1S/C23H26N4O4/c1-14(2)19(25-23(29)24-18-8-6-5-7-9-18)22(28)30-16(4)20-26-27-21(31-20)17-12-10-15(3)11-13-17/h5-14,16,19H,1-4H3,(H2,24,25,29)/t16-,19-/m1/s1. The molecule has 0 aliphatic heterocycles. The highest BCUT2D eigenvalue weighted by Crippen LogP contribution is 2.23. The first-order valence-corrected chi connectivity index (χ1v) is 10.1. The Hall–Kier alpha value is -3.68. The summed E-state index contributed by atoms with van der Waals surface area (Å²) < 4.78 is 11.2. The molecule has 0 fully saturated rings. The van der Waals surface area contributed by atoms with Crippen molar-refractivity contribution in [1.82, 2.24) is 15.5 Å². The largest absolute Gasteiger partial charge is 0.451 e. The molecular formula is C23H26N4O4. The third-order valence-corrected chi connectivity index (χ3v) is 4.62. The summed E-state index contributed by atoms with van der Waals surface area (Å²) in [5, 5.41) is 13.4. The highest BCUT2D eigenvalue weighted by molar-refractivity contribution is 5.92. The first kappa shape index (κ1) is 22.0. The van der Waals surface area contributed by atoms with Crippen LogP contribution in [-0.4, -0.2) is 28.2 Å². The molecule has 0 saturated heterocycles. The van der Waals surface area contributed by atoms with E-state index in [1.807, 2.05) is 51.1 Å². The number of nitrogens with zero attached hydrogens (tertiary/aromatic N) is 2. The van der Waals surface area contributed by atoms with Crippen LogP contribution < -0.4 is 10.6 Å². The minimum absolute atomic E-state index is 0.181. The molecule has 0 spiro atoms. The van der Waals surface area contributed by atoms with E-state index in [9.17, 15) is 9.59 Å². The zero-order valence-corrected chi connectivity index (χ0v) is 18.0. The molecule has 3 aromatic rings. The number of amides is 2. The summed E-state index contributed by atoms with van der Waals surface area (Å²) in [5.74, 6) is -0.244. The van der Waals surface area contributed by atoms with Crippen LogP contribution in [0.1, 0.15) is 38.3 Å². The first-order valence-electron chi connectivity index (χ1n) is 10.1. The summed E-state index contributed by atoms with van der Waals surface area (Å²) in [4.78, 5) is 25.0. The van der Waals surface area contributed by atoms with Crippen molar-refractivity contribution in [2.75, 3.05) is 5.32 Å². The number of para-hydroxylation sites is 1. The molecule has 1 aromatic heterocycles. The molecule has 8 nitrogen and oxygen atoms in total. The van der Waals surface area contributed by atoms with Gasteiger partial charge < -0.3 is 19.8 Å². The van der Waals surface area contributed by atoms with Crippen molar-refractivity contribution in [3.8, 4) is 11.5 Å². The van der Waals surface area contributed by atoms with Gasteiger partial charge in [-0.2, -0.15) is 0 Å². The maximum Gasteiger partial charge on any atom is 0.329 e. The zero-order valence-electron chi connectivity index (χ0n) is 18.0. The fourth-order valence-corrected chi connectivity index (χ4v) is 2.84. The molecule has 8 heteroatoms. The van der Waals surface area contributed by atoms with Gasteiger partial charge >= 0.3 is 12.0 Å². The second-order valence-electron chi connectivity index (χ2n) is 7.58. The van der Waals surface area contributed by atoms with Crippen LogP contribution >= 0.6 is 0 Å². The minimum Gasteiger partial charge on any atom is -0.451 e. The van der Waals surface area contributed by atoms with Crippen molar-refractivity contribution in [1.29, 1.82) is 0 Å². The van der Waals surface area contributed by atoms with E-state index in [0.29, 0.717) is 11.6 Å². The number of aryl methyl sites for hydroxylation is 1.